The number of imidazole rings is 2. The van der Waals surface area contributed by atoms with Crippen molar-refractivity contribution in [3.63, 3.8) is 0 Å². The Hall–Kier alpha value is -13.8. The van der Waals surface area contributed by atoms with Crippen molar-refractivity contribution < 1.29 is 109 Å². The minimum Gasteiger partial charge on any atom is -0.490 e. The summed E-state index contributed by atoms with van der Waals surface area (Å²) in [6.07, 6.45) is 6.43. The summed E-state index contributed by atoms with van der Waals surface area (Å²) in [7, 11) is 3.95. The molecule has 138 heavy (non-hydrogen) atoms. The SMILES string of the molecule is CC(C)c1cccc(C(C)C)c1-n1nnnc1-c1[c-]ccc2ncn(C)c12.Cc1cc(-c2ccccc2)cc(C)c1-n1nnnc1-c1[c-]ccc2ocnc12.Cc1cc(C)c(-n2nnnc2-c2[c-]ccc3ncsc23)c(C)c1.Cc1cccc(C)c1-n1nnnc1-c1[c-]ccc2ncoc12.Cn1cnc2c(-c3nnnn3-c3c(-c4ccccc4)cccc3-c3ccccc3)[c-]ccc21.[Ir].[Ir].[Ir].[Ir].[Ir]. The van der Waals surface area contributed by atoms with Crippen molar-refractivity contribution in [2.75, 3.05) is 0 Å². The predicted octanol–water partition coefficient (Wildman–Crippen LogP) is 20.7. The molecular weight excluding hydrogens is 2640 g/mol. The number of oxazole rings is 2. The zero-order chi connectivity index (χ0) is 91.5. The fraction of sp³-hybridized carbons (Fsp3) is 0.146. The molecule has 5 radical (unpaired) electrons. The molecule has 0 unspecified atom stereocenters. The Kier molecular flexibility index (Phi) is 32.0. The summed E-state index contributed by atoms with van der Waals surface area (Å²) >= 11 is 1.58. The van der Waals surface area contributed by atoms with Crippen molar-refractivity contribution in [2.24, 2.45) is 14.1 Å². The Balaban J connectivity index is 0.000000137. The van der Waals surface area contributed by atoms with Crippen molar-refractivity contribution in [1.82, 2.24) is 135 Å². The van der Waals surface area contributed by atoms with Crippen molar-refractivity contribution in [3.8, 4) is 119 Å². The number of fused-ring (bicyclic) bond motifs is 5. The van der Waals surface area contributed by atoms with Gasteiger partial charge in [-0.15, -0.1) is 84.9 Å². The van der Waals surface area contributed by atoms with Crippen LogP contribution in [-0.2, 0) is 115 Å². The average Bonchev–Trinajstić information content (AvgIpc) is 1.86. The second-order valence-corrected chi connectivity index (χ2v) is 33.4. The fourth-order valence-corrected chi connectivity index (χ4v) is 17.8. The molecule has 0 saturated heterocycles. The largest absolute Gasteiger partial charge is 0.490 e. The minimum absolute atomic E-state index is 0. The maximum atomic E-state index is 5.47. The molecule has 0 N–H and O–H groups in total. The first-order valence-corrected chi connectivity index (χ1v) is 43.8. The van der Waals surface area contributed by atoms with Crippen molar-refractivity contribution in [1.29, 1.82) is 0 Å². The maximum absolute atomic E-state index is 5.47. The van der Waals surface area contributed by atoms with E-state index >= 15 is 0 Å². The molecule has 29 nitrogen and oxygen atoms in total. The molecule has 10 heterocycles. The number of aryl methyl sites for hydroxylation is 9. The van der Waals surface area contributed by atoms with Gasteiger partial charge in [0.1, 0.15) is 29.1 Å². The van der Waals surface area contributed by atoms with E-state index in [-0.39, 0.29) is 101 Å². The van der Waals surface area contributed by atoms with Crippen LogP contribution in [0.5, 0.6) is 0 Å². The Morgan fingerprint density at radius 3 is 1.30 bits per heavy atom. The van der Waals surface area contributed by atoms with Crippen molar-refractivity contribution in [3.05, 3.63) is 342 Å². The number of hydrogen-bond donors (Lipinski definition) is 0. The van der Waals surface area contributed by atoms with Crippen LogP contribution < -0.4 is 0 Å². The van der Waals surface area contributed by atoms with Crippen LogP contribution in [0.3, 0.4) is 0 Å². The molecule has 0 spiro atoms. The van der Waals surface area contributed by atoms with Gasteiger partial charge in [0.2, 0.25) is 0 Å². The van der Waals surface area contributed by atoms with E-state index < -0.39 is 0 Å². The van der Waals surface area contributed by atoms with Crippen LogP contribution in [0, 0.1) is 78.8 Å². The van der Waals surface area contributed by atoms with Crippen LogP contribution in [0.15, 0.2) is 270 Å². The van der Waals surface area contributed by atoms with E-state index in [1.54, 1.807) is 50.2 Å². The van der Waals surface area contributed by atoms with Crippen LogP contribution in [0.4, 0.5) is 0 Å². The zero-order valence-corrected chi connectivity index (χ0v) is 89.2. The molecule has 0 atom stereocenters. The van der Waals surface area contributed by atoms with Crippen LogP contribution >= 0.6 is 11.3 Å². The monoisotopic (exact) mass is 2730 g/mol. The molecule has 0 amide bonds. The molecule has 0 fully saturated rings. The number of para-hydroxylation sites is 3. The van der Waals surface area contributed by atoms with Crippen molar-refractivity contribution >= 4 is 65.8 Å². The summed E-state index contributed by atoms with van der Waals surface area (Å²) in [5.74, 6) is 3.84. The van der Waals surface area contributed by atoms with E-state index in [0.29, 0.717) is 68.8 Å². The van der Waals surface area contributed by atoms with Gasteiger partial charge in [0.05, 0.1) is 57.8 Å². The number of aromatic nitrogens is 27. The summed E-state index contributed by atoms with van der Waals surface area (Å²) in [5, 5.41) is 62.6. The topological polar surface area (TPSA) is 319 Å². The summed E-state index contributed by atoms with van der Waals surface area (Å²) in [6.45, 7) is 23.2. The number of benzene rings is 13. The maximum Gasteiger partial charge on any atom is 0.170 e. The first-order chi connectivity index (χ1) is 64.9. The van der Waals surface area contributed by atoms with Crippen LogP contribution in [0.2, 0.25) is 0 Å². The minimum atomic E-state index is 0. The summed E-state index contributed by atoms with van der Waals surface area (Å²) in [5.41, 5.74) is 35.0. The van der Waals surface area contributed by atoms with E-state index in [1.165, 1.54) is 40.6 Å². The number of nitrogens with zero attached hydrogens (tertiary/aromatic N) is 27. The smallest absolute Gasteiger partial charge is 0.170 e. The summed E-state index contributed by atoms with van der Waals surface area (Å²) in [4.78, 5) is 21.9. The molecule has 0 aliphatic carbocycles. The third-order valence-corrected chi connectivity index (χ3v) is 23.8. The molecule has 0 aliphatic rings. The van der Waals surface area contributed by atoms with Gasteiger partial charge in [-0.3, -0.25) is 19.9 Å². The molecule has 13 aromatic carbocycles. The molecule has 0 bridgehead atoms. The van der Waals surface area contributed by atoms with Gasteiger partial charge in [0.15, 0.2) is 12.8 Å². The van der Waals surface area contributed by atoms with Crippen LogP contribution in [-0.4, -0.2) is 135 Å². The number of hydrogen-bond acceptors (Lipinski definition) is 23. The van der Waals surface area contributed by atoms with Gasteiger partial charge in [-0.2, -0.15) is 36.8 Å². The fourth-order valence-electron chi connectivity index (χ4n) is 17.0. The van der Waals surface area contributed by atoms with Crippen LogP contribution in [0.25, 0.3) is 173 Å². The van der Waals surface area contributed by atoms with Crippen molar-refractivity contribution in [2.45, 2.75) is 88.0 Å². The normalized spacial score (nSPS) is 10.9. The van der Waals surface area contributed by atoms with E-state index in [1.807, 2.05) is 173 Å². The first-order valence-electron chi connectivity index (χ1n) is 42.9. The van der Waals surface area contributed by atoms with Gasteiger partial charge in [-0.05, 0) is 213 Å². The Labute approximate surface area is 865 Å². The average molecular weight is 2730 g/mol. The van der Waals surface area contributed by atoms with E-state index in [4.69, 9.17) is 8.83 Å². The Bertz CT molecular complexity index is 8010. The number of rotatable bonds is 15. The first kappa shape index (κ1) is 100. The third-order valence-electron chi connectivity index (χ3n) is 23.0. The molecular formula is C103H84Ir5N27O2S-5. The van der Waals surface area contributed by atoms with Gasteiger partial charge in [0, 0.05) is 148 Å². The standard InChI is InChI=1S/C27H19N6.C22H16N5O.C21H23N6.C17H14N5S.C16H12N5O.5Ir/c1-32-18-28-25-23(16-9-17-24(25)32)27-29-30-31-33(27)26-21(19-10-4-2-5-11-19)14-8-15-22(26)20-12-6-3-7-13-20;1-14-11-17(16-7-4-3-5-8-16)12-15(2)21(14)27-22(24-25-26-27)18-9-6-10-19-20(18)23-13-28-19;1-13(2)15-8-6-9-16(14(3)4)19(15)27-21(23-24-25-27)17-10-7-11-18-20(17)26(5)12-22-18;1-10-7-11(2)15(12(3)8-10)22-17(19-20-21-22)13-5-4-6-14-16(13)23-9-18-14;1-10-5-3-6-11(2)14(10)21-16(18-19-20-21)12-7-4-8-13-15(12)22-9-17-13;;;;;/h2-15,17-18H,1H3;3-8,10-13H,1-2H3;6-9,11-14H,1-5H3;4,6-9H,1-3H3;3-6,8-9H,1-2H3;;;;;/q5*-1;;;;;. The van der Waals surface area contributed by atoms with Gasteiger partial charge in [-0.1, -0.05) is 225 Å². The van der Waals surface area contributed by atoms with Gasteiger partial charge in [-0.25, -0.2) is 28.4 Å². The van der Waals surface area contributed by atoms with Gasteiger partial charge in [0.25, 0.3) is 0 Å². The van der Waals surface area contributed by atoms with Crippen LogP contribution in [0.1, 0.15) is 89.6 Å². The number of thiazole rings is 1. The van der Waals surface area contributed by atoms with E-state index in [0.717, 1.165) is 139 Å². The molecule has 23 aromatic rings. The van der Waals surface area contributed by atoms with Gasteiger partial charge >= 0.3 is 0 Å². The summed E-state index contributed by atoms with van der Waals surface area (Å²) in [6, 6.07) is 93.4. The van der Waals surface area contributed by atoms with E-state index in [9.17, 15) is 0 Å². The second kappa shape index (κ2) is 44.1. The van der Waals surface area contributed by atoms with Gasteiger partial charge < -0.3 is 18.0 Å². The zero-order valence-electron chi connectivity index (χ0n) is 76.4. The molecule has 23 rings (SSSR count). The summed E-state index contributed by atoms with van der Waals surface area (Å²) < 4.78 is 24.8. The van der Waals surface area contributed by atoms with E-state index in [2.05, 4.69) is 292 Å². The Morgan fingerprint density at radius 1 is 0.326 bits per heavy atom. The molecule has 699 valence electrons. The molecule has 0 saturated carbocycles. The quantitative estimate of drug-likeness (QED) is 0.0861. The number of tetrazole rings is 5. The molecule has 0 aliphatic heterocycles. The Morgan fingerprint density at radius 2 is 0.746 bits per heavy atom. The molecule has 10 aromatic heterocycles. The second-order valence-electron chi connectivity index (χ2n) is 32.6. The molecule has 35 heteroatoms. The predicted molar refractivity (Wildman–Crippen MR) is 512 cm³/mol. The third kappa shape index (κ3) is 19.9.